The van der Waals surface area contributed by atoms with E-state index in [2.05, 4.69) is 51.2 Å². The number of fused-ring (bicyclic) bond motifs is 1. The molecular weight excluding hydrogens is 258 g/mol. The number of hydrogen-bond acceptors (Lipinski definition) is 2. The number of anilines is 1. The molecule has 74 valence electrons. The molecule has 1 heterocycles. The van der Waals surface area contributed by atoms with Gasteiger partial charge in [0, 0.05) is 26.3 Å². The lowest BCUT2D eigenvalue weighted by atomic mass is 9.84. The lowest BCUT2D eigenvalue weighted by Gasteiger charge is -2.44. The van der Waals surface area contributed by atoms with Crippen molar-refractivity contribution >= 4 is 33.4 Å². The second kappa shape index (κ2) is 3.17. The summed E-state index contributed by atoms with van der Waals surface area (Å²) in [7, 11) is 0. The van der Waals surface area contributed by atoms with E-state index in [1.54, 1.807) is 0 Å². The SMILES string of the molecule is Brc1ccc2c(c1)SC1(CCC1)CN2. The summed E-state index contributed by atoms with van der Waals surface area (Å²) in [6.45, 7) is 1.15. The van der Waals surface area contributed by atoms with Crippen LogP contribution < -0.4 is 5.32 Å². The monoisotopic (exact) mass is 269 g/mol. The molecule has 1 N–H and O–H groups in total. The van der Waals surface area contributed by atoms with Crippen LogP contribution in [0.2, 0.25) is 0 Å². The van der Waals surface area contributed by atoms with E-state index in [1.807, 2.05) is 0 Å². The van der Waals surface area contributed by atoms with Gasteiger partial charge in [-0.1, -0.05) is 22.4 Å². The average molecular weight is 270 g/mol. The van der Waals surface area contributed by atoms with Gasteiger partial charge in [-0.2, -0.15) is 0 Å². The predicted octanol–water partition coefficient (Wildman–Crippen LogP) is 3.89. The standard InChI is InChI=1S/C11H12BrNS/c12-8-2-3-9-10(6-8)14-11(7-13-9)4-1-5-11/h2-3,6,13H,1,4-5,7H2. The van der Waals surface area contributed by atoms with Gasteiger partial charge in [-0.15, -0.1) is 11.8 Å². The van der Waals surface area contributed by atoms with E-state index < -0.39 is 0 Å². The van der Waals surface area contributed by atoms with Gasteiger partial charge in [-0.05, 0) is 31.0 Å². The molecule has 0 radical (unpaired) electrons. The van der Waals surface area contributed by atoms with Crippen molar-refractivity contribution in [2.75, 3.05) is 11.9 Å². The third-order valence-electron chi connectivity index (χ3n) is 3.14. The van der Waals surface area contributed by atoms with Crippen molar-refractivity contribution in [3.05, 3.63) is 22.7 Å². The number of nitrogens with one attached hydrogen (secondary N) is 1. The summed E-state index contributed by atoms with van der Waals surface area (Å²) in [4.78, 5) is 1.41. The fourth-order valence-corrected chi connectivity index (χ4v) is 4.15. The van der Waals surface area contributed by atoms with Crippen LogP contribution in [0.5, 0.6) is 0 Å². The van der Waals surface area contributed by atoms with Crippen LogP contribution in [0.25, 0.3) is 0 Å². The van der Waals surface area contributed by atoms with Crippen molar-refractivity contribution in [2.24, 2.45) is 0 Å². The minimum atomic E-state index is 0.522. The Hall–Kier alpha value is -0.150. The van der Waals surface area contributed by atoms with Gasteiger partial charge in [-0.3, -0.25) is 0 Å². The van der Waals surface area contributed by atoms with Crippen molar-refractivity contribution in [1.29, 1.82) is 0 Å². The highest BCUT2D eigenvalue weighted by molar-refractivity contribution is 9.10. The van der Waals surface area contributed by atoms with Crippen molar-refractivity contribution in [3.8, 4) is 0 Å². The van der Waals surface area contributed by atoms with Crippen LogP contribution in [-0.2, 0) is 0 Å². The second-order valence-electron chi connectivity index (χ2n) is 4.13. The van der Waals surface area contributed by atoms with Crippen molar-refractivity contribution in [3.63, 3.8) is 0 Å². The van der Waals surface area contributed by atoms with Gasteiger partial charge in [0.25, 0.3) is 0 Å². The highest BCUT2D eigenvalue weighted by Crippen LogP contribution is 2.52. The first kappa shape index (κ1) is 9.10. The molecule has 3 heteroatoms. The molecule has 1 aliphatic carbocycles. The van der Waals surface area contributed by atoms with Gasteiger partial charge in [0.15, 0.2) is 0 Å². The number of halogens is 1. The number of rotatable bonds is 0. The fraction of sp³-hybridized carbons (Fsp3) is 0.455. The Bertz CT molecular complexity index is 374. The first-order valence-electron chi connectivity index (χ1n) is 5.00. The third-order valence-corrected chi connectivity index (χ3v) is 5.17. The summed E-state index contributed by atoms with van der Waals surface area (Å²) < 4.78 is 1.70. The third kappa shape index (κ3) is 1.38. The molecule has 0 aromatic heterocycles. The number of hydrogen-bond donors (Lipinski definition) is 1. The van der Waals surface area contributed by atoms with Crippen LogP contribution in [0.4, 0.5) is 5.69 Å². The van der Waals surface area contributed by atoms with Crippen LogP contribution in [0.15, 0.2) is 27.6 Å². The predicted molar refractivity (Wildman–Crippen MR) is 65.1 cm³/mol. The molecule has 1 aromatic rings. The van der Waals surface area contributed by atoms with Crippen LogP contribution in [0.3, 0.4) is 0 Å². The first-order valence-corrected chi connectivity index (χ1v) is 6.61. The normalized spacial score (nSPS) is 22.4. The Morgan fingerprint density at radius 3 is 2.93 bits per heavy atom. The van der Waals surface area contributed by atoms with Crippen LogP contribution >= 0.6 is 27.7 Å². The van der Waals surface area contributed by atoms with Crippen LogP contribution in [0.1, 0.15) is 19.3 Å². The zero-order valence-corrected chi connectivity index (χ0v) is 10.2. The van der Waals surface area contributed by atoms with E-state index in [1.165, 1.54) is 34.3 Å². The van der Waals surface area contributed by atoms with E-state index in [4.69, 9.17) is 0 Å². The van der Waals surface area contributed by atoms with E-state index >= 15 is 0 Å². The molecule has 0 bridgehead atoms. The second-order valence-corrected chi connectivity index (χ2v) is 6.56. The van der Waals surface area contributed by atoms with Crippen molar-refractivity contribution in [2.45, 2.75) is 28.9 Å². The van der Waals surface area contributed by atoms with Gasteiger partial charge in [0.2, 0.25) is 0 Å². The lowest BCUT2D eigenvalue weighted by Crippen LogP contribution is -2.42. The van der Waals surface area contributed by atoms with E-state index in [0.717, 1.165) is 6.54 Å². The van der Waals surface area contributed by atoms with Crippen LogP contribution in [0, 0.1) is 0 Å². The smallest absolute Gasteiger partial charge is 0.0479 e. The molecule has 0 saturated heterocycles. The molecule has 0 atom stereocenters. The van der Waals surface area contributed by atoms with Crippen molar-refractivity contribution in [1.82, 2.24) is 0 Å². The van der Waals surface area contributed by atoms with Gasteiger partial charge < -0.3 is 5.32 Å². The summed E-state index contributed by atoms with van der Waals surface area (Å²) in [6, 6.07) is 6.50. The maximum absolute atomic E-state index is 3.54. The summed E-state index contributed by atoms with van der Waals surface area (Å²) in [6.07, 6.45) is 4.14. The maximum Gasteiger partial charge on any atom is 0.0479 e. The molecule has 2 aliphatic rings. The zero-order chi connectivity index (χ0) is 9.60. The number of thioether (sulfide) groups is 1. The molecule has 1 fully saturated rings. The molecule has 1 nitrogen and oxygen atoms in total. The highest BCUT2D eigenvalue weighted by atomic mass is 79.9. The lowest BCUT2D eigenvalue weighted by molar-refractivity contribution is 0.376. The summed E-state index contributed by atoms with van der Waals surface area (Å²) in [5, 5.41) is 3.54. The van der Waals surface area contributed by atoms with Gasteiger partial charge in [0.1, 0.15) is 0 Å². The van der Waals surface area contributed by atoms with E-state index in [-0.39, 0.29) is 0 Å². The maximum atomic E-state index is 3.54. The van der Waals surface area contributed by atoms with Crippen LogP contribution in [-0.4, -0.2) is 11.3 Å². The minimum Gasteiger partial charge on any atom is -0.383 e. The van der Waals surface area contributed by atoms with Gasteiger partial charge in [-0.25, -0.2) is 0 Å². The first-order chi connectivity index (χ1) is 6.77. The number of benzene rings is 1. The molecule has 0 amide bonds. The van der Waals surface area contributed by atoms with E-state index in [0.29, 0.717) is 4.75 Å². The Balaban J connectivity index is 1.96. The Morgan fingerprint density at radius 2 is 2.21 bits per heavy atom. The summed E-state index contributed by atoms with van der Waals surface area (Å²) in [5.41, 5.74) is 1.30. The molecule has 1 aliphatic heterocycles. The Morgan fingerprint density at radius 1 is 1.36 bits per heavy atom. The summed E-state index contributed by atoms with van der Waals surface area (Å²) >= 11 is 5.59. The zero-order valence-electron chi connectivity index (χ0n) is 7.85. The van der Waals surface area contributed by atoms with Gasteiger partial charge >= 0.3 is 0 Å². The molecule has 3 rings (SSSR count). The highest BCUT2D eigenvalue weighted by Gasteiger charge is 2.40. The Kier molecular flexibility index (Phi) is 2.06. The minimum absolute atomic E-state index is 0.522. The van der Waals surface area contributed by atoms with Gasteiger partial charge in [0.05, 0.1) is 0 Å². The molecule has 14 heavy (non-hydrogen) atoms. The summed E-state index contributed by atoms with van der Waals surface area (Å²) in [5.74, 6) is 0. The average Bonchev–Trinajstić information content (AvgIpc) is 2.14. The topological polar surface area (TPSA) is 12.0 Å². The molecule has 0 unspecified atom stereocenters. The van der Waals surface area contributed by atoms with Crippen molar-refractivity contribution < 1.29 is 0 Å². The Labute approximate surface area is 96.8 Å². The molecular formula is C11H12BrNS. The fourth-order valence-electron chi connectivity index (χ4n) is 2.10. The molecule has 1 aromatic carbocycles. The quantitative estimate of drug-likeness (QED) is 0.767. The van der Waals surface area contributed by atoms with E-state index in [9.17, 15) is 0 Å². The molecule has 1 spiro atoms. The largest absolute Gasteiger partial charge is 0.383 e. The molecule has 1 saturated carbocycles.